The van der Waals surface area contributed by atoms with E-state index in [1.54, 1.807) is 17.8 Å². The highest BCUT2D eigenvalue weighted by Gasteiger charge is 2.45. The van der Waals surface area contributed by atoms with Crippen LogP contribution in [0.15, 0.2) is 59.3 Å². The van der Waals surface area contributed by atoms with Crippen molar-refractivity contribution in [3.63, 3.8) is 0 Å². The highest BCUT2D eigenvalue weighted by Crippen LogP contribution is 2.44. The van der Waals surface area contributed by atoms with Crippen LogP contribution < -0.4 is 0 Å². The number of imidazole rings is 1. The van der Waals surface area contributed by atoms with Crippen LogP contribution in [-0.2, 0) is 31.8 Å². The second-order valence-electron chi connectivity index (χ2n) is 8.60. The van der Waals surface area contributed by atoms with Gasteiger partial charge in [-0.05, 0) is 38.2 Å². The van der Waals surface area contributed by atoms with Crippen LogP contribution in [0.2, 0.25) is 0 Å². The van der Waals surface area contributed by atoms with E-state index in [1.807, 2.05) is 24.3 Å². The molecular weight excluding hydrogens is 518 g/mol. The van der Waals surface area contributed by atoms with Crippen LogP contribution in [0.25, 0.3) is 11.1 Å². The number of amides is 1. The number of halogens is 1. The monoisotopic (exact) mass is 541 g/mol. The number of carbonyl (C=O) groups is 2. The van der Waals surface area contributed by atoms with E-state index in [9.17, 15) is 14.7 Å². The van der Waals surface area contributed by atoms with Crippen molar-refractivity contribution in [3.8, 4) is 11.1 Å². The van der Waals surface area contributed by atoms with E-state index >= 15 is 0 Å². The molecular formula is C25H24BrN3O6. The van der Waals surface area contributed by atoms with Crippen molar-refractivity contribution < 1.29 is 29.0 Å². The van der Waals surface area contributed by atoms with Crippen molar-refractivity contribution in [3.05, 3.63) is 76.3 Å². The van der Waals surface area contributed by atoms with Crippen LogP contribution in [0.1, 0.15) is 29.3 Å². The molecule has 1 N–H and O–H groups in total. The molecule has 0 spiro atoms. The van der Waals surface area contributed by atoms with Gasteiger partial charge in [-0.2, -0.15) is 5.06 Å². The maximum absolute atomic E-state index is 13.1. The third-order valence-electron chi connectivity index (χ3n) is 6.42. The van der Waals surface area contributed by atoms with Crippen LogP contribution >= 0.6 is 15.9 Å². The van der Waals surface area contributed by atoms with Gasteiger partial charge in [0.15, 0.2) is 0 Å². The van der Waals surface area contributed by atoms with Crippen LogP contribution in [0.3, 0.4) is 0 Å². The predicted octanol–water partition coefficient (Wildman–Crippen LogP) is 4.07. The smallest absolute Gasteiger partial charge is 0.434 e. The molecule has 1 saturated heterocycles. The number of carboxylic acid groups (broad SMARTS) is 1. The van der Waals surface area contributed by atoms with Gasteiger partial charge in [-0.3, -0.25) is 4.84 Å². The van der Waals surface area contributed by atoms with Crippen molar-refractivity contribution in [2.45, 2.75) is 17.9 Å². The number of rotatable bonds is 6. The highest BCUT2D eigenvalue weighted by atomic mass is 79.9. The van der Waals surface area contributed by atoms with Gasteiger partial charge < -0.3 is 19.1 Å². The Kier molecular flexibility index (Phi) is 6.35. The number of carbonyl (C=O) groups excluding carboxylic acids is 1. The zero-order valence-electron chi connectivity index (χ0n) is 19.0. The topological polar surface area (TPSA) is 103 Å². The normalized spacial score (nSPS) is 19.3. The zero-order valence-corrected chi connectivity index (χ0v) is 20.6. The molecule has 35 heavy (non-hydrogen) atoms. The van der Waals surface area contributed by atoms with Crippen LogP contribution in [-0.4, -0.2) is 58.1 Å². The molecule has 1 amide bonds. The summed E-state index contributed by atoms with van der Waals surface area (Å²) in [4.78, 5) is 34.4. The fourth-order valence-electron chi connectivity index (χ4n) is 4.88. The van der Waals surface area contributed by atoms with Gasteiger partial charge in [0.25, 0.3) is 0 Å². The number of hydroxylamine groups is 2. The number of fused-ring (bicyclic) bond motifs is 3. The quantitative estimate of drug-likeness (QED) is 0.501. The van der Waals surface area contributed by atoms with Crippen molar-refractivity contribution >= 4 is 28.0 Å². The third kappa shape index (κ3) is 4.44. The summed E-state index contributed by atoms with van der Waals surface area (Å²) < 4.78 is 13.9. The summed E-state index contributed by atoms with van der Waals surface area (Å²) in [6.07, 6.45) is 1.40. The fourth-order valence-corrected chi connectivity index (χ4v) is 5.35. The van der Waals surface area contributed by atoms with Crippen molar-refractivity contribution in [1.29, 1.82) is 0 Å². The Labute approximate surface area is 210 Å². The molecule has 1 aromatic heterocycles. The molecule has 0 radical (unpaired) electrons. The Morgan fingerprint density at radius 2 is 1.83 bits per heavy atom. The predicted molar refractivity (Wildman–Crippen MR) is 129 cm³/mol. The maximum Gasteiger partial charge on any atom is 0.434 e. The number of carboxylic acids is 1. The molecule has 1 aliphatic carbocycles. The summed E-state index contributed by atoms with van der Waals surface area (Å²) in [6, 6.07) is 16.2. The first-order chi connectivity index (χ1) is 16.9. The Balaban J connectivity index is 1.34. The lowest BCUT2D eigenvalue weighted by molar-refractivity contribution is -0.232. The minimum Gasteiger partial charge on any atom is -0.480 e. The van der Waals surface area contributed by atoms with Gasteiger partial charge in [0.2, 0.25) is 0 Å². The lowest BCUT2D eigenvalue weighted by Gasteiger charge is -2.40. The van der Waals surface area contributed by atoms with E-state index in [0.717, 1.165) is 27.3 Å². The summed E-state index contributed by atoms with van der Waals surface area (Å²) in [7, 11) is 1.78. The molecule has 0 saturated carbocycles. The van der Waals surface area contributed by atoms with Gasteiger partial charge >= 0.3 is 12.1 Å². The summed E-state index contributed by atoms with van der Waals surface area (Å²) in [5, 5.41) is 10.3. The Morgan fingerprint density at radius 3 is 2.43 bits per heavy atom. The van der Waals surface area contributed by atoms with Gasteiger partial charge in [0.05, 0.1) is 13.2 Å². The minimum absolute atomic E-state index is 0.0613. The van der Waals surface area contributed by atoms with Crippen molar-refractivity contribution in [1.82, 2.24) is 14.6 Å². The maximum atomic E-state index is 13.1. The second-order valence-corrected chi connectivity index (χ2v) is 9.41. The number of hydrogen-bond acceptors (Lipinski definition) is 6. The average Bonchev–Trinajstić information content (AvgIpc) is 3.38. The first-order valence-corrected chi connectivity index (χ1v) is 12.0. The van der Waals surface area contributed by atoms with E-state index in [2.05, 4.69) is 45.2 Å². The molecule has 9 nitrogen and oxygen atoms in total. The molecule has 10 heteroatoms. The molecule has 2 aliphatic rings. The number of aryl methyl sites for hydroxylation is 1. The zero-order chi connectivity index (χ0) is 24.6. The van der Waals surface area contributed by atoms with Gasteiger partial charge in [-0.15, -0.1) is 0 Å². The first kappa shape index (κ1) is 23.5. The van der Waals surface area contributed by atoms with Crippen molar-refractivity contribution in [2.24, 2.45) is 7.05 Å². The van der Waals surface area contributed by atoms with Gasteiger partial charge in [0.1, 0.15) is 29.2 Å². The van der Waals surface area contributed by atoms with Crippen LogP contribution in [0.5, 0.6) is 0 Å². The van der Waals surface area contributed by atoms with Gasteiger partial charge in [-0.25, -0.2) is 14.6 Å². The molecule has 1 atom stereocenters. The molecule has 2 heterocycles. The molecule has 182 valence electrons. The SMILES string of the molecule is Cn1cc(Br)nc1C1(OCC(=O)O)CCON(C(=O)OCC2c3ccccc3-c3ccccc32)C1. The van der Waals surface area contributed by atoms with Gasteiger partial charge in [0, 0.05) is 25.6 Å². The highest BCUT2D eigenvalue weighted by molar-refractivity contribution is 9.10. The number of hydrogen-bond donors (Lipinski definition) is 1. The molecule has 2 aromatic carbocycles. The largest absolute Gasteiger partial charge is 0.480 e. The summed E-state index contributed by atoms with van der Waals surface area (Å²) in [5.41, 5.74) is 3.33. The number of benzene rings is 2. The number of ether oxygens (including phenoxy) is 2. The molecule has 1 fully saturated rings. The lowest BCUT2D eigenvalue weighted by Crippen LogP contribution is -2.52. The third-order valence-corrected chi connectivity index (χ3v) is 6.80. The number of aliphatic carboxylic acids is 1. The summed E-state index contributed by atoms with van der Waals surface area (Å²) in [5.74, 6) is -0.711. The van der Waals surface area contributed by atoms with E-state index in [4.69, 9.17) is 14.3 Å². The molecule has 1 aliphatic heterocycles. The second kappa shape index (κ2) is 9.44. The molecule has 5 rings (SSSR count). The molecule has 3 aromatic rings. The van der Waals surface area contributed by atoms with Crippen LogP contribution in [0, 0.1) is 0 Å². The number of nitrogens with zero attached hydrogens (tertiary/aromatic N) is 3. The van der Waals surface area contributed by atoms with E-state index in [-0.39, 0.29) is 25.7 Å². The van der Waals surface area contributed by atoms with E-state index < -0.39 is 24.3 Å². The summed E-state index contributed by atoms with van der Waals surface area (Å²) >= 11 is 3.35. The fraction of sp³-hybridized carbons (Fsp3) is 0.320. The first-order valence-electron chi connectivity index (χ1n) is 11.2. The minimum atomic E-state index is -1.16. The average molecular weight is 542 g/mol. The Bertz CT molecular complexity index is 1230. The summed E-state index contributed by atoms with van der Waals surface area (Å²) in [6.45, 7) is -0.324. The Morgan fingerprint density at radius 1 is 1.17 bits per heavy atom. The van der Waals surface area contributed by atoms with Gasteiger partial charge in [-0.1, -0.05) is 48.5 Å². The Hall–Kier alpha value is -3.21. The molecule has 0 bridgehead atoms. The van der Waals surface area contributed by atoms with E-state index in [0.29, 0.717) is 16.8 Å². The lowest BCUT2D eigenvalue weighted by atomic mass is 9.97. The standard InChI is InChI=1S/C25H24BrN3O6/c1-28-12-21(26)27-23(28)25(34-14-22(30)31)10-11-35-29(15-25)24(32)33-13-20-18-8-4-2-6-16(18)17-7-3-5-9-19(17)20/h2-9,12,20H,10-11,13-15H2,1H3,(H,30,31). The van der Waals surface area contributed by atoms with Crippen molar-refractivity contribution in [2.75, 3.05) is 26.4 Å². The number of aromatic nitrogens is 2. The van der Waals surface area contributed by atoms with Crippen LogP contribution in [0.4, 0.5) is 4.79 Å². The molecule has 1 unspecified atom stereocenters. The van der Waals surface area contributed by atoms with E-state index in [1.165, 1.54) is 0 Å².